The molecule has 2 heterocycles. The van der Waals surface area contributed by atoms with Crippen molar-refractivity contribution in [2.45, 2.75) is 20.3 Å². The Balaban J connectivity index is 1.59. The third-order valence-corrected chi connectivity index (χ3v) is 6.35. The van der Waals surface area contributed by atoms with E-state index in [4.69, 9.17) is 14.2 Å². The summed E-state index contributed by atoms with van der Waals surface area (Å²) in [5.41, 5.74) is 1.24. The molecule has 0 atom stereocenters. The van der Waals surface area contributed by atoms with E-state index >= 15 is 0 Å². The summed E-state index contributed by atoms with van der Waals surface area (Å²) in [5.74, 6) is -1.05. The zero-order valence-electron chi connectivity index (χ0n) is 17.8. The fourth-order valence-corrected chi connectivity index (χ4v) is 4.47. The minimum atomic E-state index is -0.706. The molecule has 168 valence electrons. The van der Waals surface area contributed by atoms with Crippen LogP contribution in [0.4, 0.5) is 5.00 Å². The summed E-state index contributed by atoms with van der Waals surface area (Å²) in [5, 5.41) is 5.22. The van der Waals surface area contributed by atoms with Crippen LogP contribution in [0.2, 0.25) is 0 Å². The second kappa shape index (κ2) is 10.9. The summed E-state index contributed by atoms with van der Waals surface area (Å²) in [6, 6.07) is 8.98. The molecule has 0 aliphatic rings. The topological polar surface area (TPSA) is 104 Å². The van der Waals surface area contributed by atoms with Gasteiger partial charge in [-0.1, -0.05) is 6.92 Å². The molecule has 0 unspecified atom stereocenters. The Bertz CT molecular complexity index is 1100. The second-order valence-electron chi connectivity index (χ2n) is 6.42. The van der Waals surface area contributed by atoms with E-state index < -0.39 is 24.5 Å². The number of hydrogen-bond donors (Lipinski definition) is 1. The van der Waals surface area contributed by atoms with E-state index in [-0.39, 0.29) is 17.9 Å². The molecular weight excluding hydrogens is 452 g/mol. The SMILES string of the molecule is CCOC(=O)c1cc(CC)sc1NC(=O)COC(=O)c1csc(-c2ccc(OC)cc2)n1. The van der Waals surface area contributed by atoms with Gasteiger partial charge in [-0.15, -0.1) is 22.7 Å². The Morgan fingerprint density at radius 2 is 1.81 bits per heavy atom. The maximum absolute atomic E-state index is 12.3. The molecule has 10 heteroatoms. The van der Waals surface area contributed by atoms with Crippen molar-refractivity contribution in [2.75, 3.05) is 25.6 Å². The van der Waals surface area contributed by atoms with Gasteiger partial charge < -0.3 is 19.5 Å². The second-order valence-corrected chi connectivity index (χ2v) is 8.42. The van der Waals surface area contributed by atoms with Gasteiger partial charge in [0.05, 0.1) is 19.3 Å². The lowest BCUT2D eigenvalue weighted by Crippen LogP contribution is -2.21. The number of hydrogen-bond acceptors (Lipinski definition) is 9. The van der Waals surface area contributed by atoms with E-state index in [0.29, 0.717) is 16.4 Å². The van der Waals surface area contributed by atoms with Crippen LogP contribution in [0.3, 0.4) is 0 Å². The van der Waals surface area contributed by atoms with Crippen molar-refractivity contribution in [3.05, 3.63) is 51.8 Å². The molecule has 0 bridgehead atoms. The van der Waals surface area contributed by atoms with Gasteiger partial charge in [0.2, 0.25) is 0 Å². The van der Waals surface area contributed by atoms with E-state index in [0.717, 1.165) is 16.2 Å². The fourth-order valence-electron chi connectivity index (χ4n) is 2.67. The largest absolute Gasteiger partial charge is 0.497 e. The number of amides is 1. The van der Waals surface area contributed by atoms with Gasteiger partial charge in [-0.2, -0.15) is 0 Å². The number of aromatic nitrogens is 1. The van der Waals surface area contributed by atoms with E-state index in [2.05, 4.69) is 10.3 Å². The van der Waals surface area contributed by atoms with Crippen LogP contribution in [-0.4, -0.2) is 43.2 Å². The van der Waals surface area contributed by atoms with Crippen molar-refractivity contribution in [3.8, 4) is 16.3 Å². The van der Waals surface area contributed by atoms with Crippen LogP contribution in [0, 0.1) is 0 Å². The minimum absolute atomic E-state index is 0.116. The summed E-state index contributed by atoms with van der Waals surface area (Å²) in [6.07, 6.45) is 0.711. The summed E-state index contributed by atoms with van der Waals surface area (Å²) in [6.45, 7) is 3.38. The first-order chi connectivity index (χ1) is 15.4. The monoisotopic (exact) mass is 474 g/mol. The zero-order valence-corrected chi connectivity index (χ0v) is 19.4. The van der Waals surface area contributed by atoms with Crippen molar-refractivity contribution in [2.24, 2.45) is 0 Å². The van der Waals surface area contributed by atoms with Gasteiger partial charge in [0.1, 0.15) is 15.8 Å². The summed E-state index contributed by atoms with van der Waals surface area (Å²) in [4.78, 5) is 41.9. The van der Waals surface area contributed by atoms with Crippen molar-refractivity contribution < 1.29 is 28.6 Å². The molecule has 3 aromatic rings. The lowest BCUT2D eigenvalue weighted by molar-refractivity contribution is -0.119. The van der Waals surface area contributed by atoms with Crippen molar-refractivity contribution in [3.63, 3.8) is 0 Å². The molecule has 0 fully saturated rings. The first-order valence-corrected chi connectivity index (χ1v) is 11.5. The molecule has 0 saturated carbocycles. The van der Waals surface area contributed by atoms with Crippen LogP contribution in [-0.2, 0) is 20.7 Å². The summed E-state index contributed by atoms with van der Waals surface area (Å²) < 4.78 is 15.3. The van der Waals surface area contributed by atoms with Gasteiger partial charge in [-0.05, 0) is 43.7 Å². The number of methoxy groups -OCH3 is 1. The molecule has 0 radical (unpaired) electrons. The molecule has 0 saturated heterocycles. The number of rotatable bonds is 9. The number of aryl methyl sites for hydroxylation is 1. The Morgan fingerprint density at radius 1 is 1.06 bits per heavy atom. The van der Waals surface area contributed by atoms with Gasteiger partial charge in [0, 0.05) is 15.8 Å². The molecule has 1 amide bonds. The van der Waals surface area contributed by atoms with Crippen molar-refractivity contribution in [1.29, 1.82) is 0 Å². The number of ether oxygens (including phenoxy) is 3. The smallest absolute Gasteiger partial charge is 0.358 e. The molecule has 32 heavy (non-hydrogen) atoms. The molecule has 0 aliphatic heterocycles. The van der Waals surface area contributed by atoms with E-state index in [9.17, 15) is 14.4 Å². The molecule has 3 rings (SSSR count). The highest BCUT2D eigenvalue weighted by molar-refractivity contribution is 7.16. The highest BCUT2D eigenvalue weighted by Gasteiger charge is 2.20. The van der Waals surface area contributed by atoms with Crippen molar-refractivity contribution >= 4 is 45.5 Å². The first kappa shape index (κ1) is 23.4. The van der Waals surface area contributed by atoms with E-state index in [1.54, 1.807) is 37.6 Å². The van der Waals surface area contributed by atoms with Crippen LogP contribution in [0.5, 0.6) is 5.75 Å². The van der Waals surface area contributed by atoms with Crippen LogP contribution in [0.1, 0.15) is 39.6 Å². The third-order valence-electron chi connectivity index (χ3n) is 4.26. The standard InChI is InChI=1S/C22H22N2O6S2/c1-4-15-10-16(21(26)29-5-2)20(32-15)24-18(25)11-30-22(27)17-12-31-19(23-17)13-6-8-14(28-3)9-7-13/h6-10,12H,4-5,11H2,1-3H3,(H,24,25). The summed E-state index contributed by atoms with van der Waals surface area (Å²) >= 11 is 2.58. The number of benzene rings is 1. The van der Waals surface area contributed by atoms with Gasteiger partial charge in [0.25, 0.3) is 5.91 Å². The predicted octanol–water partition coefficient (Wildman–Crippen LogP) is 4.41. The first-order valence-electron chi connectivity index (χ1n) is 9.81. The van der Waals surface area contributed by atoms with Gasteiger partial charge in [-0.3, -0.25) is 4.79 Å². The number of esters is 2. The molecule has 1 N–H and O–H groups in total. The van der Waals surface area contributed by atoms with Crippen LogP contribution in [0.15, 0.2) is 35.7 Å². The number of thiophene rings is 1. The highest BCUT2D eigenvalue weighted by atomic mass is 32.1. The number of carbonyl (C=O) groups excluding carboxylic acids is 3. The number of anilines is 1. The number of nitrogens with one attached hydrogen (secondary N) is 1. The predicted molar refractivity (Wildman–Crippen MR) is 123 cm³/mol. The molecule has 8 nitrogen and oxygen atoms in total. The maximum Gasteiger partial charge on any atom is 0.358 e. The van der Waals surface area contributed by atoms with Crippen LogP contribution >= 0.6 is 22.7 Å². The minimum Gasteiger partial charge on any atom is -0.497 e. The molecule has 2 aromatic heterocycles. The fraction of sp³-hybridized carbons (Fsp3) is 0.273. The molecule has 0 aliphatic carbocycles. The average molecular weight is 475 g/mol. The van der Waals surface area contributed by atoms with Gasteiger partial charge in [-0.25, -0.2) is 14.6 Å². The normalized spacial score (nSPS) is 10.5. The Hall–Kier alpha value is -3.24. The lowest BCUT2D eigenvalue weighted by atomic mass is 10.2. The molecule has 0 spiro atoms. The van der Waals surface area contributed by atoms with Gasteiger partial charge in [0.15, 0.2) is 12.3 Å². The van der Waals surface area contributed by atoms with E-state index in [1.807, 2.05) is 19.1 Å². The third kappa shape index (κ3) is 5.71. The van der Waals surface area contributed by atoms with Gasteiger partial charge >= 0.3 is 11.9 Å². The highest BCUT2D eigenvalue weighted by Crippen LogP contribution is 2.29. The number of thiazole rings is 1. The molecule has 1 aromatic carbocycles. The number of carbonyl (C=O) groups is 3. The quantitative estimate of drug-likeness (QED) is 0.458. The van der Waals surface area contributed by atoms with E-state index in [1.165, 1.54) is 22.7 Å². The van der Waals surface area contributed by atoms with Crippen LogP contribution in [0.25, 0.3) is 10.6 Å². The Kier molecular flexibility index (Phi) is 7.96. The zero-order chi connectivity index (χ0) is 23.1. The average Bonchev–Trinajstić information content (AvgIpc) is 3.45. The van der Waals surface area contributed by atoms with Crippen LogP contribution < -0.4 is 10.1 Å². The lowest BCUT2D eigenvalue weighted by Gasteiger charge is -2.06. The Morgan fingerprint density at radius 3 is 2.47 bits per heavy atom. The molecular formula is C22H22N2O6S2. The maximum atomic E-state index is 12.3. The number of nitrogens with zero attached hydrogens (tertiary/aromatic N) is 1. The Labute approximate surface area is 193 Å². The van der Waals surface area contributed by atoms with Crippen molar-refractivity contribution in [1.82, 2.24) is 4.98 Å². The summed E-state index contributed by atoms with van der Waals surface area (Å²) in [7, 11) is 1.58.